The van der Waals surface area contributed by atoms with Crippen LogP contribution < -0.4 is 0 Å². The van der Waals surface area contributed by atoms with Crippen LogP contribution >= 0.6 is 0 Å². The number of likely N-dealkylation sites (N-methyl/N-ethyl adjacent to an activating group) is 1. The van der Waals surface area contributed by atoms with E-state index in [2.05, 4.69) is 32.7 Å². The van der Waals surface area contributed by atoms with Crippen molar-refractivity contribution in [2.24, 2.45) is 34.5 Å². The van der Waals surface area contributed by atoms with Gasteiger partial charge in [-0.15, -0.1) is 0 Å². The van der Waals surface area contributed by atoms with Crippen molar-refractivity contribution in [1.82, 2.24) is 4.90 Å². The maximum atomic E-state index is 13.5. The van der Waals surface area contributed by atoms with Gasteiger partial charge in [-0.25, -0.2) is 0 Å². The van der Waals surface area contributed by atoms with Gasteiger partial charge >= 0.3 is 0 Å². The molecule has 5 aliphatic rings. The summed E-state index contributed by atoms with van der Waals surface area (Å²) in [6.07, 6.45) is 12.5. The lowest BCUT2D eigenvalue weighted by Crippen LogP contribution is -2.53. The standard InChI is InChI=1S/C24H39NO2/c1-5-6-11-25(4)19-13-18-16-8-7-15-12-20-21(27-20)14-24(15,3)17(16)9-10-23(18,2)22(19)26/h15-21H,5-14H2,1-4H3/t15?,16?,17?,18?,19-,20+,21?,23+,24+/m1/s1. The van der Waals surface area contributed by atoms with Crippen molar-refractivity contribution in [3.63, 3.8) is 0 Å². The maximum absolute atomic E-state index is 13.5. The van der Waals surface area contributed by atoms with Crippen molar-refractivity contribution >= 4 is 5.78 Å². The molecule has 0 radical (unpaired) electrons. The average molecular weight is 374 g/mol. The predicted molar refractivity (Wildman–Crippen MR) is 107 cm³/mol. The van der Waals surface area contributed by atoms with Gasteiger partial charge in [-0.3, -0.25) is 9.69 Å². The third kappa shape index (κ3) is 2.63. The Kier molecular flexibility index (Phi) is 4.34. The highest BCUT2D eigenvalue weighted by Gasteiger charge is 2.65. The Hall–Kier alpha value is -0.410. The van der Waals surface area contributed by atoms with Gasteiger partial charge < -0.3 is 4.74 Å². The molecule has 3 heteroatoms. The summed E-state index contributed by atoms with van der Waals surface area (Å²) in [5.41, 5.74) is 0.417. The highest BCUT2D eigenvalue weighted by molar-refractivity contribution is 5.92. The Labute approximate surface area is 165 Å². The van der Waals surface area contributed by atoms with Gasteiger partial charge in [0.2, 0.25) is 0 Å². The maximum Gasteiger partial charge on any atom is 0.156 e. The largest absolute Gasteiger partial charge is 0.370 e. The van der Waals surface area contributed by atoms with Crippen molar-refractivity contribution in [2.75, 3.05) is 13.6 Å². The second-order valence-electron chi connectivity index (χ2n) is 11.2. The fraction of sp³-hybridized carbons (Fsp3) is 0.958. The number of carbonyl (C=O) groups is 1. The zero-order valence-corrected chi connectivity index (χ0v) is 17.9. The van der Waals surface area contributed by atoms with Crippen LogP contribution in [-0.4, -0.2) is 42.5 Å². The third-order valence-corrected chi connectivity index (χ3v) is 10.0. The first kappa shape index (κ1) is 18.6. The number of fused-ring (bicyclic) bond motifs is 6. The molecule has 0 spiro atoms. The highest BCUT2D eigenvalue weighted by Crippen LogP contribution is 2.67. The fourth-order valence-electron chi connectivity index (χ4n) is 8.25. The number of epoxide rings is 1. The number of carbonyl (C=O) groups excluding carboxylic acids is 1. The third-order valence-electron chi connectivity index (χ3n) is 10.0. The first-order chi connectivity index (χ1) is 12.9. The van der Waals surface area contributed by atoms with E-state index in [1.165, 1.54) is 44.9 Å². The summed E-state index contributed by atoms with van der Waals surface area (Å²) in [7, 11) is 2.19. The molecule has 0 aromatic rings. The molecule has 0 aromatic carbocycles. The molecule has 0 bridgehead atoms. The molecule has 0 N–H and O–H groups in total. The van der Waals surface area contributed by atoms with Gasteiger partial charge in [-0.05, 0) is 94.0 Å². The fourth-order valence-corrected chi connectivity index (χ4v) is 8.25. The number of nitrogens with zero attached hydrogens (tertiary/aromatic N) is 1. The summed E-state index contributed by atoms with van der Waals surface area (Å²) in [5.74, 6) is 3.66. The zero-order valence-electron chi connectivity index (χ0n) is 17.9. The van der Waals surface area contributed by atoms with Crippen LogP contribution in [0.15, 0.2) is 0 Å². The van der Waals surface area contributed by atoms with Crippen molar-refractivity contribution in [1.29, 1.82) is 0 Å². The van der Waals surface area contributed by atoms with Crippen LogP contribution in [0.5, 0.6) is 0 Å². The number of rotatable bonds is 4. The summed E-state index contributed by atoms with van der Waals surface area (Å²) in [6, 6.07) is 0.179. The van der Waals surface area contributed by atoms with Crippen LogP contribution in [0.3, 0.4) is 0 Å². The number of ketones is 1. The van der Waals surface area contributed by atoms with E-state index < -0.39 is 0 Å². The molecule has 152 valence electrons. The van der Waals surface area contributed by atoms with E-state index in [-0.39, 0.29) is 11.5 Å². The van der Waals surface area contributed by atoms with Crippen molar-refractivity contribution in [2.45, 2.75) is 96.8 Å². The van der Waals surface area contributed by atoms with Gasteiger partial charge in [0, 0.05) is 5.41 Å². The van der Waals surface area contributed by atoms with Crippen LogP contribution in [0.1, 0.15) is 78.6 Å². The number of hydrogen-bond acceptors (Lipinski definition) is 3. The molecule has 27 heavy (non-hydrogen) atoms. The molecule has 1 heterocycles. The summed E-state index contributed by atoms with van der Waals surface area (Å²) in [4.78, 5) is 15.9. The van der Waals surface area contributed by atoms with Gasteiger partial charge in [-0.2, -0.15) is 0 Å². The molecule has 0 amide bonds. The molecule has 4 saturated carbocycles. The second kappa shape index (κ2) is 6.29. The van der Waals surface area contributed by atoms with Crippen molar-refractivity contribution in [3.8, 4) is 0 Å². The number of Topliss-reactive ketones (excluding diaryl/α,β-unsaturated/α-hetero) is 1. The van der Waals surface area contributed by atoms with E-state index in [0.717, 1.165) is 37.1 Å². The van der Waals surface area contributed by atoms with Gasteiger partial charge in [0.25, 0.3) is 0 Å². The normalized spacial score (nSPS) is 53.5. The monoisotopic (exact) mass is 373 g/mol. The first-order valence-electron chi connectivity index (χ1n) is 11.8. The zero-order chi connectivity index (χ0) is 19.0. The molecule has 3 nitrogen and oxygen atoms in total. The molecular formula is C24H39NO2. The van der Waals surface area contributed by atoms with E-state index in [4.69, 9.17) is 4.74 Å². The number of unbranched alkanes of at least 4 members (excludes halogenated alkanes) is 1. The second-order valence-corrected chi connectivity index (χ2v) is 11.2. The molecule has 1 saturated heterocycles. The predicted octanol–water partition coefficient (Wildman–Crippen LogP) is 4.69. The smallest absolute Gasteiger partial charge is 0.156 e. The Bertz CT molecular complexity index is 620. The molecule has 5 rings (SSSR count). The van der Waals surface area contributed by atoms with E-state index in [0.29, 0.717) is 29.3 Å². The molecule has 1 aliphatic heterocycles. The Morgan fingerprint density at radius 3 is 2.70 bits per heavy atom. The first-order valence-corrected chi connectivity index (χ1v) is 11.8. The molecule has 0 aromatic heterocycles. The van der Waals surface area contributed by atoms with E-state index in [1.807, 2.05) is 0 Å². The SMILES string of the molecule is CCCCN(C)[C@@H]1CC2C3CCC4C[C@@H]5OC5C[C@]4(C)C3CC[C@]2(C)C1=O. The topological polar surface area (TPSA) is 32.8 Å². The van der Waals surface area contributed by atoms with E-state index in [1.54, 1.807) is 0 Å². The number of hydrogen-bond donors (Lipinski definition) is 0. The van der Waals surface area contributed by atoms with Gasteiger partial charge in [-0.1, -0.05) is 27.2 Å². The van der Waals surface area contributed by atoms with Crippen LogP contribution in [0.2, 0.25) is 0 Å². The average Bonchev–Trinajstić information content (AvgIpc) is 3.33. The summed E-state index contributed by atoms with van der Waals surface area (Å²) < 4.78 is 5.96. The quantitative estimate of drug-likeness (QED) is 0.671. The number of ether oxygens (including phenoxy) is 1. The molecule has 9 atom stereocenters. The Balaban J connectivity index is 1.39. The minimum atomic E-state index is -0.0528. The van der Waals surface area contributed by atoms with Gasteiger partial charge in [0.05, 0.1) is 18.2 Å². The van der Waals surface area contributed by atoms with Crippen LogP contribution in [0.4, 0.5) is 0 Å². The lowest BCUT2D eigenvalue weighted by Gasteiger charge is -2.58. The molecule has 5 unspecified atom stereocenters. The minimum Gasteiger partial charge on any atom is -0.370 e. The lowest BCUT2D eigenvalue weighted by molar-refractivity contribution is -0.139. The lowest BCUT2D eigenvalue weighted by atomic mass is 9.45. The van der Waals surface area contributed by atoms with Crippen molar-refractivity contribution < 1.29 is 9.53 Å². The Morgan fingerprint density at radius 2 is 1.93 bits per heavy atom. The van der Waals surface area contributed by atoms with Crippen LogP contribution in [-0.2, 0) is 9.53 Å². The molecular weight excluding hydrogens is 334 g/mol. The van der Waals surface area contributed by atoms with Gasteiger partial charge in [0.1, 0.15) is 0 Å². The summed E-state index contributed by atoms with van der Waals surface area (Å²) >= 11 is 0. The van der Waals surface area contributed by atoms with Crippen molar-refractivity contribution in [3.05, 3.63) is 0 Å². The summed E-state index contributed by atoms with van der Waals surface area (Å²) in [5, 5.41) is 0. The molecule has 5 fully saturated rings. The summed E-state index contributed by atoms with van der Waals surface area (Å²) in [6.45, 7) is 8.24. The van der Waals surface area contributed by atoms with Gasteiger partial charge in [0.15, 0.2) is 5.78 Å². The van der Waals surface area contributed by atoms with E-state index in [9.17, 15) is 4.79 Å². The van der Waals surface area contributed by atoms with Crippen LogP contribution in [0, 0.1) is 34.5 Å². The molecule has 4 aliphatic carbocycles. The highest BCUT2D eigenvalue weighted by atomic mass is 16.6. The Morgan fingerprint density at radius 1 is 1.11 bits per heavy atom. The van der Waals surface area contributed by atoms with Crippen LogP contribution in [0.25, 0.3) is 0 Å². The van der Waals surface area contributed by atoms with E-state index >= 15 is 0 Å². The minimum absolute atomic E-state index is 0.0528.